The first-order valence-electron chi connectivity index (χ1n) is 6.34. The molecule has 1 fully saturated rings. The molecule has 1 atom stereocenters. The van der Waals surface area contributed by atoms with E-state index in [-0.39, 0.29) is 18.3 Å². The van der Waals surface area contributed by atoms with Crippen molar-refractivity contribution in [2.75, 3.05) is 25.4 Å². The highest BCUT2D eigenvalue weighted by atomic mass is 16.5. The predicted octanol–water partition coefficient (Wildman–Crippen LogP) is 1.24. The van der Waals surface area contributed by atoms with Gasteiger partial charge >= 0.3 is 0 Å². The number of hydrogen-bond donors (Lipinski definition) is 2. The fourth-order valence-corrected chi connectivity index (χ4v) is 2.55. The molecule has 0 bridgehead atoms. The normalized spacial score (nSPS) is 24.1. The van der Waals surface area contributed by atoms with Crippen molar-refractivity contribution >= 4 is 5.69 Å². The Balaban J connectivity index is 2.07. The number of nitrogen functional groups attached to an aromatic ring is 1. The SMILES string of the molecule is CC1(C)CN(Cc2ccccc2N)CC(CO)O1. The van der Waals surface area contributed by atoms with Gasteiger partial charge in [-0.05, 0) is 25.5 Å². The Labute approximate surface area is 108 Å². The summed E-state index contributed by atoms with van der Waals surface area (Å²) in [6.45, 7) is 6.55. The summed E-state index contributed by atoms with van der Waals surface area (Å²) in [5, 5.41) is 9.29. The molecular formula is C14H22N2O2. The maximum absolute atomic E-state index is 9.29. The van der Waals surface area contributed by atoms with Crippen LogP contribution in [-0.4, -0.2) is 41.4 Å². The molecule has 0 saturated carbocycles. The van der Waals surface area contributed by atoms with Gasteiger partial charge in [-0.15, -0.1) is 0 Å². The first kappa shape index (κ1) is 13.3. The fourth-order valence-electron chi connectivity index (χ4n) is 2.55. The molecule has 1 heterocycles. The summed E-state index contributed by atoms with van der Waals surface area (Å²) in [6.07, 6.45) is -0.112. The lowest BCUT2D eigenvalue weighted by Crippen LogP contribution is -2.53. The van der Waals surface area contributed by atoms with Crippen LogP contribution < -0.4 is 5.73 Å². The largest absolute Gasteiger partial charge is 0.398 e. The highest BCUT2D eigenvalue weighted by Gasteiger charge is 2.32. The lowest BCUT2D eigenvalue weighted by Gasteiger charge is -2.42. The van der Waals surface area contributed by atoms with Crippen molar-refractivity contribution < 1.29 is 9.84 Å². The van der Waals surface area contributed by atoms with Crippen molar-refractivity contribution in [2.24, 2.45) is 0 Å². The second-order valence-electron chi connectivity index (χ2n) is 5.55. The first-order chi connectivity index (χ1) is 8.50. The van der Waals surface area contributed by atoms with Crippen molar-refractivity contribution in [3.8, 4) is 0 Å². The second-order valence-corrected chi connectivity index (χ2v) is 5.55. The number of rotatable bonds is 3. The van der Waals surface area contributed by atoms with E-state index in [1.165, 1.54) is 0 Å². The van der Waals surface area contributed by atoms with Gasteiger partial charge in [-0.25, -0.2) is 0 Å². The van der Waals surface area contributed by atoms with Crippen LogP contribution in [0.15, 0.2) is 24.3 Å². The molecule has 0 radical (unpaired) electrons. The van der Waals surface area contributed by atoms with Gasteiger partial charge in [0.15, 0.2) is 0 Å². The Bertz CT molecular complexity index is 407. The number of ether oxygens (including phenoxy) is 1. The summed E-state index contributed by atoms with van der Waals surface area (Å²) in [4.78, 5) is 2.29. The summed E-state index contributed by atoms with van der Waals surface area (Å²) in [5.41, 5.74) is 7.69. The third kappa shape index (κ3) is 3.22. The molecule has 4 nitrogen and oxygen atoms in total. The molecule has 1 aromatic carbocycles. The van der Waals surface area contributed by atoms with E-state index in [9.17, 15) is 5.11 Å². The van der Waals surface area contributed by atoms with Crippen LogP contribution in [0.3, 0.4) is 0 Å². The molecule has 0 spiro atoms. The minimum Gasteiger partial charge on any atom is -0.398 e. The Morgan fingerprint density at radius 2 is 2.17 bits per heavy atom. The topological polar surface area (TPSA) is 58.7 Å². The summed E-state index contributed by atoms with van der Waals surface area (Å²) < 4.78 is 5.80. The van der Waals surface area contributed by atoms with Crippen LogP contribution >= 0.6 is 0 Å². The molecule has 0 aromatic heterocycles. The molecule has 18 heavy (non-hydrogen) atoms. The van der Waals surface area contributed by atoms with Crippen LogP contribution in [0.4, 0.5) is 5.69 Å². The maximum Gasteiger partial charge on any atom is 0.0940 e. The number of benzene rings is 1. The van der Waals surface area contributed by atoms with Crippen molar-refractivity contribution in [1.82, 2.24) is 4.90 Å². The van der Waals surface area contributed by atoms with E-state index >= 15 is 0 Å². The summed E-state index contributed by atoms with van der Waals surface area (Å²) in [7, 11) is 0. The van der Waals surface area contributed by atoms with Gasteiger partial charge in [-0.2, -0.15) is 0 Å². The zero-order valence-electron chi connectivity index (χ0n) is 11.1. The average molecular weight is 250 g/mol. The van der Waals surface area contributed by atoms with Gasteiger partial charge in [-0.3, -0.25) is 4.90 Å². The Morgan fingerprint density at radius 1 is 1.44 bits per heavy atom. The van der Waals surface area contributed by atoms with E-state index in [4.69, 9.17) is 10.5 Å². The number of nitrogens with two attached hydrogens (primary N) is 1. The Morgan fingerprint density at radius 3 is 2.83 bits per heavy atom. The third-order valence-electron chi connectivity index (χ3n) is 3.20. The number of morpholine rings is 1. The van der Waals surface area contributed by atoms with E-state index in [2.05, 4.69) is 18.7 Å². The molecule has 100 valence electrons. The van der Waals surface area contributed by atoms with Crippen molar-refractivity contribution in [3.05, 3.63) is 29.8 Å². The lowest BCUT2D eigenvalue weighted by molar-refractivity contribution is -0.150. The highest BCUT2D eigenvalue weighted by molar-refractivity contribution is 5.46. The molecule has 2 rings (SSSR count). The van der Waals surface area contributed by atoms with E-state index in [0.717, 1.165) is 30.9 Å². The summed E-state index contributed by atoms with van der Waals surface area (Å²) in [5.74, 6) is 0. The number of aliphatic hydroxyl groups is 1. The number of nitrogens with zero attached hydrogens (tertiary/aromatic N) is 1. The van der Waals surface area contributed by atoms with Crippen LogP contribution in [0.25, 0.3) is 0 Å². The van der Waals surface area contributed by atoms with Gasteiger partial charge in [0.1, 0.15) is 0 Å². The van der Waals surface area contributed by atoms with Crippen LogP contribution in [-0.2, 0) is 11.3 Å². The van der Waals surface area contributed by atoms with Crippen molar-refractivity contribution in [1.29, 1.82) is 0 Å². The first-order valence-corrected chi connectivity index (χ1v) is 6.34. The van der Waals surface area contributed by atoms with Gasteiger partial charge in [0, 0.05) is 25.3 Å². The number of aliphatic hydroxyl groups excluding tert-OH is 1. The van der Waals surface area contributed by atoms with Crippen LogP contribution in [0.2, 0.25) is 0 Å². The van der Waals surface area contributed by atoms with Gasteiger partial charge < -0.3 is 15.6 Å². The van der Waals surface area contributed by atoms with Gasteiger partial charge in [0.25, 0.3) is 0 Å². The number of anilines is 1. The molecule has 0 amide bonds. The molecule has 0 aliphatic carbocycles. The van der Waals surface area contributed by atoms with E-state index < -0.39 is 0 Å². The number of hydrogen-bond acceptors (Lipinski definition) is 4. The van der Waals surface area contributed by atoms with Gasteiger partial charge in [0.05, 0.1) is 18.3 Å². The monoisotopic (exact) mass is 250 g/mol. The molecule has 1 unspecified atom stereocenters. The fraction of sp³-hybridized carbons (Fsp3) is 0.571. The quantitative estimate of drug-likeness (QED) is 0.792. The Hall–Kier alpha value is -1.10. The minimum atomic E-state index is -0.227. The van der Waals surface area contributed by atoms with E-state index in [1.54, 1.807) is 0 Å². The van der Waals surface area contributed by atoms with Crippen LogP contribution in [0, 0.1) is 0 Å². The van der Waals surface area contributed by atoms with Crippen LogP contribution in [0.1, 0.15) is 19.4 Å². The zero-order chi connectivity index (χ0) is 13.2. The molecule has 1 saturated heterocycles. The van der Waals surface area contributed by atoms with E-state index in [1.807, 2.05) is 24.3 Å². The van der Waals surface area contributed by atoms with Crippen molar-refractivity contribution in [2.45, 2.75) is 32.1 Å². The maximum atomic E-state index is 9.29. The summed E-state index contributed by atoms with van der Waals surface area (Å²) >= 11 is 0. The zero-order valence-corrected chi connectivity index (χ0v) is 11.1. The average Bonchev–Trinajstić information content (AvgIpc) is 2.30. The molecule has 1 aromatic rings. The molecule has 1 aliphatic rings. The minimum absolute atomic E-state index is 0.0597. The molecule has 3 N–H and O–H groups in total. The smallest absolute Gasteiger partial charge is 0.0940 e. The standard InChI is InChI=1S/C14H22N2O2/c1-14(2)10-16(8-12(9-17)18-14)7-11-5-3-4-6-13(11)15/h3-6,12,17H,7-10,15H2,1-2H3. The molecular weight excluding hydrogens is 228 g/mol. The van der Waals surface area contributed by atoms with Crippen LogP contribution in [0.5, 0.6) is 0 Å². The summed E-state index contributed by atoms with van der Waals surface area (Å²) in [6, 6.07) is 7.91. The van der Waals surface area contributed by atoms with Gasteiger partial charge in [-0.1, -0.05) is 18.2 Å². The van der Waals surface area contributed by atoms with Crippen molar-refractivity contribution in [3.63, 3.8) is 0 Å². The van der Waals surface area contributed by atoms with E-state index in [0.29, 0.717) is 0 Å². The highest BCUT2D eigenvalue weighted by Crippen LogP contribution is 2.23. The molecule has 1 aliphatic heterocycles. The lowest BCUT2D eigenvalue weighted by atomic mass is 10.0. The van der Waals surface area contributed by atoms with Gasteiger partial charge in [0.2, 0.25) is 0 Å². The Kier molecular flexibility index (Phi) is 3.90. The predicted molar refractivity (Wildman–Crippen MR) is 72.2 cm³/mol. The molecule has 4 heteroatoms. The second kappa shape index (κ2) is 5.26. The third-order valence-corrected chi connectivity index (χ3v) is 3.20. The number of para-hydroxylation sites is 1.